The summed E-state index contributed by atoms with van der Waals surface area (Å²) >= 11 is 0. The van der Waals surface area contributed by atoms with E-state index >= 15 is 0 Å². The summed E-state index contributed by atoms with van der Waals surface area (Å²) in [4.78, 5) is 6.88. The number of ether oxygens (including phenoxy) is 1. The van der Waals surface area contributed by atoms with E-state index in [1.165, 1.54) is 7.11 Å². The molecule has 0 radical (unpaired) electrons. The fourth-order valence-electron chi connectivity index (χ4n) is 3.08. The van der Waals surface area contributed by atoms with Crippen molar-refractivity contribution in [1.82, 2.24) is 15.2 Å². The van der Waals surface area contributed by atoms with Gasteiger partial charge in [-0.15, -0.1) is 0 Å². The summed E-state index contributed by atoms with van der Waals surface area (Å²) in [5.74, 6) is -0.0649. The topological polar surface area (TPSA) is 37.4 Å². The summed E-state index contributed by atoms with van der Waals surface area (Å²) in [5, 5.41) is 3.41. The normalized spacial score (nSPS) is 17.5. The Kier molecular flexibility index (Phi) is 5.20. The smallest absolute Gasteiger partial charge is 0.165 e. The van der Waals surface area contributed by atoms with Gasteiger partial charge in [-0.05, 0) is 42.8 Å². The number of halogens is 1. The number of aromatic nitrogens is 1. The van der Waals surface area contributed by atoms with Crippen LogP contribution in [0.3, 0.4) is 0 Å². The molecule has 1 atom stereocenters. The zero-order valence-electron chi connectivity index (χ0n) is 13.3. The van der Waals surface area contributed by atoms with E-state index in [-0.39, 0.29) is 17.6 Å². The van der Waals surface area contributed by atoms with Gasteiger partial charge >= 0.3 is 0 Å². The van der Waals surface area contributed by atoms with Crippen LogP contribution < -0.4 is 10.1 Å². The lowest BCUT2D eigenvalue weighted by Gasteiger charge is -2.30. The molecule has 23 heavy (non-hydrogen) atoms. The van der Waals surface area contributed by atoms with Crippen molar-refractivity contribution < 1.29 is 9.13 Å². The molecule has 2 heterocycles. The number of methoxy groups -OCH3 is 1. The first-order valence-corrected chi connectivity index (χ1v) is 7.98. The van der Waals surface area contributed by atoms with Crippen LogP contribution in [0.2, 0.25) is 0 Å². The van der Waals surface area contributed by atoms with Gasteiger partial charge in [-0.3, -0.25) is 9.88 Å². The van der Waals surface area contributed by atoms with Crippen LogP contribution in [0.4, 0.5) is 4.39 Å². The molecule has 0 amide bonds. The fourth-order valence-corrected chi connectivity index (χ4v) is 3.08. The Morgan fingerprint density at radius 1 is 1.22 bits per heavy atom. The van der Waals surface area contributed by atoms with Gasteiger partial charge < -0.3 is 10.1 Å². The molecule has 1 N–H and O–H groups in total. The number of pyridine rings is 1. The molecule has 0 aliphatic carbocycles. The van der Waals surface area contributed by atoms with E-state index in [2.05, 4.69) is 15.2 Å². The van der Waals surface area contributed by atoms with Crippen molar-refractivity contribution in [1.29, 1.82) is 0 Å². The predicted octanol–water partition coefficient (Wildman–Crippen LogP) is 2.61. The molecule has 0 spiro atoms. The number of rotatable bonds is 4. The van der Waals surface area contributed by atoms with Crippen LogP contribution in [0.25, 0.3) is 0 Å². The van der Waals surface area contributed by atoms with Crippen LogP contribution in [0, 0.1) is 5.82 Å². The van der Waals surface area contributed by atoms with Gasteiger partial charge in [0, 0.05) is 25.8 Å². The molecule has 4 nitrogen and oxygen atoms in total. The molecular weight excluding hydrogens is 293 g/mol. The van der Waals surface area contributed by atoms with Gasteiger partial charge in [0.25, 0.3) is 0 Å². The van der Waals surface area contributed by atoms with E-state index in [0.29, 0.717) is 0 Å². The van der Waals surface area contributed by atoms with Crippen molar-refractivity contribution in [3.63, 3.8) is 0 Å². The van der Waals surface area contributed by atoms with E-state index in [9.17, 15) is 4.39 Å². The van der Waals surface area contributed by atoms with E-state index in [0.717, 1.165) is 43.9 Å². The SMILES string of the molecule is COc1ccc(C(c2ccccn2)N2CCCNCC2)cc1F. The molecule has 3 rings (SSSR count). The Morgan fingerprint density at radius 3 is 2.87 bits per heavy atom. The minimum absolute atomic E-state index is 0.0449. The number of hydrogen-bond donors (Lipinski definition) is 1. The molecule has 1 aromatic carbocycles. The second-order valence-electron chi connectivity index (χ2n) is 5.69. The zero-order valence-corrected chi connectivity index (χ0v) is 13.3. The molecule has 5 heteroatoms. The molecular formula is C18H22FN3O. The number of hydrogen-bond acceptors (Lipinski definition) is 4. The maximum atomic E-state index is 14.2. The Bertz CT molecular complexity index is 627. The van der Waals surface area contributed by atoms with Crippen molar-refractivity contribution in [2.45, 2.75) is 12.5 Å². The predicted molar refractivity (Wildman–Crippen MR) is 88.1 cm³/mol. The van der Waals surface area contributed by atoms with Gasteiger partial charge in [0.1, 0.15) is 0 Å². The summed E-state index contributed by atoms with van der Waals surface area (Å²) in [6.45, 7) is 3.82. The van der Waals surface area contributed by atoms with Crippen molar-refractivity contribution in [3.05, 3.63) is 59.7 Å². The average molecular weight is 315 g/mol. The molecule has 1 aromatic heterocycles. The highest BCUT2D eigenvalue weighted by Gasteiger charge is 2.25. The first-order valence-electron chi connectivity index (χ1n) is 7.98. The highest BCUT2D eigenvalue weighted by molar-refractivity contribution is 5.34. The minimum atomic E-state index is -0.334. The molecule has 1 saturated heterocycles. The first kappa shape index (κ1) is 15.9. The number of benzene rings is 1. The van der Waals surface area contributed by atoms with Crippen LogP contribution in [-0.2, 0) is 0 Å². The Labute approximate surface area is 136 Å². The largest absolute Gasteiger partial charge is 0.494 e. The monoisotopic (exact) mass is 315 g/mol. The van der Waals surface area contributed by atoms with E-state index in [4.69, 9.17) is 4.74 Å². The van der Waals surface area contributed by atoms with Gasteiger partial charge in [0.05, 0.1) is 18.8 Å². The van der Waals surface area contributed by atoms with Gasteiger partial charge in [-0.2, -0.15) is 0 Å². The quantitative estimate of drug-likeness (QED) is 0.941. The minimum Gasteiger partial charge on any atom is -0.494 e. The summed E-state index contributed by atoms with van der Waals surface area (Å²) < 4.78 is 19.2. The Balaban J connectivity index is 1.99. The molecule has 1 unspecified atom stereocenters. The molecule has 1 aliphatic rings. The van der Waals surface area contributed by atoms with Crippen LogP contribution >= 0.6 is 0 Å². The molecule has 122 valence electrons. The third-order valence-corrected chi connectivity index (χ3v) is 4.20. The lowest BCUT2D eigenvalue weighted by atomic mass is 10.0. The van der Waals surface area contributed by atoms with Crippen molar-refractivity contribution in [3.8, 4) is 5.75 Å². The highest BCUT2D eigenvalue weighted by atomic mass is 19.1. The van der Waals surface area contributed by atoms with Gasteiger partial charge in [-0.1, -0.05) is 12.1 Å². The van der Waals surface area contributed by atoms with Crippen LogP contribution in [-0.4, -0.2) is 43.2 Å². The number of nitrogens with zero attached hydrogens (tertiary/aromatic N) is 2. The second kappa shape index (κ2) is 7.53. The molecule has 0 saturated carbocycles. The zero-order chi connectivity index (χ0) is 16.1. The van der Waals surface area contributed by atoms with Crippen LogP contribution in [0.5, 0.6) is 5.75 Å². The average Bonchev–Trinajstić information content (AvgIpc) is 2.86. The standard InChI is InChI=1S/C18H22FN3O/c1-23-17-7-6-14(13-15(17)19)18(16-5-2-3-9-21-16)22-11-4-8-20-10-12-22/h2-3,5-7,9,13,18,20H,4,8,10-12H2,1H3. The van der Waals surface area contributed by atoms with Gasteiger partial charge in [0.15, 0.2) is 11.6 Å². The molecule has 0 bridgehead atoms. The van der Waals surface area contributed by atoms with E-state index < -0.39 is 0 Å². The lowest BCUT2D eigenvalue weighted by molar-refractivity contribution is 0.236. The molecule has 1 fully saturated rings. The van der Waals surface area contributed by atoms with Crippen LogP contribution in [0.15, 0.2) is 42.6 Å². The Hall–Kier alpha value is -1.98. The maximum absolute atomic E-state index is 14.2. The highest BCUT2D eigenvalue weighted by Crippen LogP contribution is 2.30. The lowest BCUT2D eigenvalue weighted by Crippen LogP contribution is -2.33. The summed E-state index contributed by atoms with van der Waals surface area (Å²) in [7, 11) is 1.48. The van der Waals surface area contributed by atoms with Crippen molar-refractivity contribution in [2.75, 3.05) is 33.3 Å². The summed E-state index contributed by atoms with van der Waals surface area (Å²) in [6, 6.07) is 11.0. The van der Waals surface area contributed by atoms with Gasteiger partial charge in [-0.25, -0.2) is 4.39 Å². The number of nitrogens with one attached hydrogen (secondary N) is 1. The van der Waals surface area contributed by atoms with Crippen LogP contribution in [0.1, 0.15) is 23.7 Å². The third kappa shape index (κ3) is 3.68. The van der Waals surface area contributed by atoms with E-state index in [1.807, 2.05) is 24.3 Å². The van der Waals surface area contributed by atoms with E-state index in [1.54, 1.807) is 18.3 Å². The van der Waals surface area contributed by atoms with Gasteiger partial charge in [0.2, 0.25) is 0 Å². The molecule has 2 aromatic rings. The fraction of sp³-hybridized carbons (Fsp3) is 0.389. The summed E-state index contributed by atoms with van der Waals surface area (Å²) in [6.07, 6.45) is 2.86. The van der Waals surface area contributed by atoms with Crippen molar-refractivity contribution in [2.24, 2.45) is 0 Å². The second-order valence-corrected chi connectivity index (χ2v) is 5.69. The third-order valence-electron chi connectivity index (χ3n) is 4.20. The summed E-state index contributed by atoms with van der Waals surface area (Å²) in [5.41, 5.74) is 1.85. The van der Waals surface area contributed by atoms with Crippen molar-refractivity contribution >= 4 is 0 Å². The first-order chi connectivity index (χ1) is 11.3. The Morgan fingerprint density at radius 2 is 2.13 bits per heavy atom. The molecule has 1 aliphatic heterocycles. The maximum Gasteiger partial charge on any atom is 0.165 e.